The van der Waals surface area contributed by atoms with Crippen LogP contribution in [0.3, 0.4) is 0 Å². The first-order valence-corrected chi connectivity index (χ1v) is 8.45. The van der Waals surface area contributed by atoms with Gasteiger partial charge in [-0.05, 0) is 24.1 Å². The van der Waals surface area contributed by atoms with Crippen molar-refractivity contribution in [3.63, 3.8) is 0 Å². The van der Waals surface area contributed by atoms with Crippen LogP contribution in [0, 0.1) is 5.92 Å². The van der Waals surface area contributed by atoms with Crippen molar-refractivity contribution in [2.75, 3.05) is 20.2 Å². The van der Waals surface area contributed by atoms with Crippen LogP contribution in [0.25, 0.3) is 0 Å². The van der Waals surface area contributed by atoms with Gasteiger partial charge in [0, 0.05) is 18.1 Å². The van der Waals surface area contributed by atoms with Crippen molar-refractivity contribution in [3.8, 4) is 0 Å². The van der Waals surface area contributed by atoms with Gasteiger partial charge in [-0.3, -0.25) is 9.59 Å². The molecule has 4 nitrogen and oxygen atoms in total. The van der Waals surface area contributed by atoms with Crippen molar-refractivity contribution in [3.05, 3.63) is 34.9 Å². The van der Waals surface area contributed by atoms with Gasteiger partial charge in [-0.15, -0.1) is 0 Å². The van der Waals surface area contributed by atoms with Crippen molar-refractivity contribution in [2.24, 2.45) is 5.92 Å². The highest BCUT2D eigenvalue weighted by molar-refractivity contribution is 6.30. The Morgan fingerprint density at radius 2 is 1.87 bits per heavy atom. The average molecular weight is 340 g/mol. The molecule has 0 aromatic heterocycles. The standard InChI is InChI=1S/C18H26ClNO3/c1-4-5-6-11-20(13-14(2)18(22)23-3)17(21)12-15-7-9-16(19)10-8-15/h7-10,14H,4-6,11-13H2,1-3H3. The third-order valence-corrected chi connectivity index (χ3v) is 4.00. The topological polar surface area (TPSA) is 46.6 Å². The number of carbonyl (C=O) groups excluding carboxylic acids is 2. The number of rotatable bonds is 9. The maximum Gasteiger partial charge on any atom is 0.310 e. The summed E-state index contributed by atoms with van der Waals surface area (Å²) in [6.07, 6.45) is 3.41. The van der Waals surface area contributed by atoms with E-state index in [1.807, 2.05) is 12.1 Å². The first kappa shape index (κ1) is 19.5. The number of methoxy groups -OCH3 is 1. The summed E-state index contributed by atoms with van der Waals surface area (Å²) in [6, 6.07) is 7.27. The van der Waals surface area contributed by atoms with E-state index < -0.39 is 0 Å². The molecule has 0 radical (unpaired) electrons. The maximum atomic E-state index is 12.6. The third kappa shape index (κ3) is 7.04. The van der Waals surface area contributed by atoms with Crippen LogP contribution in [0.1, 0.15) is 38.7 Å². The Morgan fingerprint density at radius 1 is 1.22 bits per heavy atom. The lowest BCUT2D eigenvalue weighted by atomic mass is 10.1. The Labute approximate surface area is 143 Å². The molecule has 0 aliphatic carbocycles. The van der Waals surface area contributed by atoms with Gasteiger partial charge in [0.25, 0.3) is 0 Å². The second-order valence-corrected chi connectivity index (χ2v) is 6.21. The highest BCUT2D eigenvalue weighted by Crippen LogP contribution is 2.12. The molecule has 0 saturated heterocycles. The van der Waals surface area contributed by atoms with Crippen LogP contribution in [-0.4, -0.2) is 37.0 Å². The number of nitrogens with zero attached hydrogens (tertiary/aromatic N) is 1. The molecule has 23 heavy (non-hydrogen) atoms. The Balaban J connectivity index is 2.70. The van der Waals surface area contributed by atoms with E-state index in [1.165, 1.54) is 7.11 Å². The quantitative estimate of drug-likeness (QED) is 0.509. The van der Waals surface area contributed by atoms with Gasteiger partial charge in [-0.2, -0.15) is 0 Å². The molecule has 1 atom stereocenters. The van der Waals surface area contributed by atoms with Crippen LogP contribution >= 0.6 is 11.6 Å². The zero-order valence-corrected chi connectivity index (χ0v) is 14.9. The molecule has 0 spiro atoms. The summed E-state index contributed by atoms with van der Waals surface area (Å²) in [5.41, 5.74) is 0.922. The normalized spacial score (nSPS) is 11.8. The molecule has 0 heterocycles. The van der Waals surface area contributed by atoms with Gasteiger partial charge in [0.2, 0.25) is 5.91 Å². The molecular formula is C18H26ClNO3. The highest BCUT2D eigenvalue weighted by atomic mass is 35.5. The summed E-state index contributed by atoms with van der Waals surface area (Å²) in [5.74, 6) is -0.584. The summed E-state index contributed by atoms with van der Waals surface area (Å²) in [6.45, 7) is 4.97. The molecule has 5 heteroatoms. The Bertz CT molecular complexity index is 501. The summed E-state index contributed by atoms with van der Waals surface area (Å²) < 4.78 is 4.76. The van der Waals surface area contributed by atoms with E-state index in [-0.39, 0.29) is 17.8 Å². The highest BCUT2D eigenvalue weighted by Gasteiger charge is 2.21. The van der Waals surface area contributed by atoms with Gasteiger partial charge in [-0.25, -0.2) is 0 Å². The van der Waals surface area contributed by atoms with Crippen molar-refractivity contribution < 1.29 is 14.3 Å². The zero-order chi connectivity index (χ0) is 17.2. The van der Waals surface area contributed by atoms with Crippen LogP contribution in [-0.2, 0) is 20.7 Å². The minimum absolute atomic E-state index is 0.0270. The average Bonchev–Trinajstić information content (AvgIpc) is 2.55. The largest absolute Gasteiger partial charge is 0.469 e. The fourth-order valence-electron chi connectivity index (χ4n) is 2.37. The number of hydrogen-bond donors (Lipinski definition) is 0. The van der Waals surface area contributed by atoms with Crippen LogP contribution in [0.15, 0.2) is 24.3 Å². The number of esters is 1. The van der Waals surface area contributed by atoms with Crippen molar-refractivity contribution >= 4 is 23.5 Å². The summed E-state index contributed by atoms with van der Waals surface area (Å²) in [5, 5.41) is 0.653. The van der Waals surface area contributed by atoms with Gasteiger partial charge < -0.3 is 9.64 Å². The van der Waals surface area contributed by atoms with E-state index in [9.17, 15) is 9.59 Å². The monoisotopic (exact) mass is 339 g/mol. The fourth-order valence-corrected chi connectivity index (χ4v) is 2.49. The molecule has 1 aromatic rings. The minimum atomic E-state index is -0.323. The van der Waals surface area contributed by atoms with Crippen LogP contribution in [0.2, 0.25) is 5.02 Å². The molecule has 0 bridgehead atoms. The van der Waals surface area contributed by atoms with Crippen LogP contribution < -0.4 is 0 Å². The Hall–Kier alpha value is -1.55. The number of hydrogen-bond acceptors (Lipinski definition) is 3. The van der Waals surface area contributed by atoms with E-state index >= 15 is 0 Å². The van der Waals surface area contributed by atoms with Crippen molar-refractivity contribution in [1.29, 1.82) is 0 Å². The second kappa shape index (κ2) is 10.3. The predicted octanol–water partition coefficient (Wildman–Crippen LogP) is 3.71. The van der Waals surface area contributed by atoms with Gasteiger partial charge in [0.15, 0.2) is 0 Å². The molecule has 0 saturated carbocycles. The lowest BCUT2D eigenvalue weighted by Gasteiger charge is -2.25. The first-order valence-electron chi connectivity index (χ1n) is 8.08. The summed E-state index contributed by atoms with van der Waals surface area (Å²) in [4.78, 5) is 26.0. The summed E-state index contributed by atoms with van der Waals surface area (Å²) in [7, 11) is 1.37. The second-order valence-electron chi connectivity index (χ2n) is 5.77. The lowest BCUT2D eigenvalue weighted by molar-refractivity contribution is -0.146. The SMILES string of the molecule is CCCCCN(CC(C)C(=O)OC)C(=O)Cc1ccc(Cl)cc1. The number of carbonyl (C=O) groups is 2. The Kier molecular flexibility index (Phi) is 8.70. The van der Waals surface area contributed by atoms with Crippen LogP contribution in [0.5, 0.6) is 0 Å². The van der Waals surface area contributed by atoms with E-state index in [2.05, 4.69) is 6.92 Å². The number of ether oxygens (including phenoxy) is 1. The molecule has 128 valence electrons. The molecule has 0 aliphatic heterocycles. The molecule has 1 amide bonds. The number of halogens is 1. The smallest absolute Gasteiger partial charge is 0.310 e. The molecular weight excluding hydrogens is 314 g/mol. The fraction of sp³-hybridized carbons (Fsp3) is 0.556. The predicted molar refractivity (Wildman–Crippen MR) is 92.4 cm³/mol. The van der Waals surface area contributed by atoms with Crippen molar-refractivity contribution in [1.82, 2.24) is 4.90 Å². The molecule has 1 unspecified atom stereocenters. The third-order valence-electron chi connectivity index (χ3n) is 3.75. The van der Waals surface area contributed by atoms with Gasteiger partial charge in [-0.1, -0.05) is 50.4 Å². The number of benzene rings is 1. The van der Waals surface area contributed by atoms with E-state index in [1.54, 1.807) is 24.0 Å². The molecule has 0 N–H and O–H groups in total. The zero-order valence-electron chi connectivity index (χ0n) is 14.2. The van der Waals surface area contributed by atoms with Crippen LogP contribution in [0.4, 0.5) is 0 Å². The maximum absolute atomic E-state index is 12.6. The number of unbranched alkanes of at least 4 members (excludes halogenated alkanes) is 2. The Morgan fingerprint density at radius 3 is 2.43 bits per heavy atom. The first-order chi connectivity index (χ1) is 11.0. The van der Waals surface area contributed by atoms with E-state index in [4.69, 9.17) is 16.3 Å². The minimum Gasteiger partial charge on any atom is -0.469 e. The van der Waals surface area contributed by atoms with Crippen molar-refractivity contribution in [2.45, 2.75) is 39.5 Å². The van der Waals surface area contributed by atoms with E-state index in [0.717, 1.165) is 24.8 Å². The van der Waals surface area contributed by atoms with Gasteiger partial charge in [0.05, 0.1) is 19.4 Å². The van der Waals surface area contributed by atoms with Gasteiger partial charge >= 0.3 is 5.97 Å². The van der Waals surface area contributed by atoms with Gasteiger partial charge in [0.1, 0.15) is 0 Å². The molecule has 0 aliphatic rings. The van der Waals surface area contributed by atoms with E-state index in [0.29, 0.717) is 24.5 Å². The summed E-state index contributed by atoms with van der Waals surface area (Å²) >= 11 is 5.87. The molecule has 1 aromatic carbocycles. The molecule has 1 rings (SSSR count). The molecule has 0 fully saturated rings. The number of amides is 1. The lowest BCUT2D eigenvalue weighted by Crippen LogP contribution is -2.38.